The SMILES string of the molecule is CC/C=C\CC[C@H]1O[C@@H]1COCc1ccccc1. The van der Waals surface area contributed by atoms with Crippen LogP contribution in [0.2, 0.25) is 0 Å². The van der Waals surface area contributed by atoms with E-state index in [1.165, 1.54) is 5.56 Å². The van der Waals surface area contributed by atoms with Crippen LogP contribution in [0.1, 0.15) is 31.7 Å². The highest BCUT2D eigenvalue weighted by molar-refractivity contribution is 5.13. The van der Waals surface area contributed by atoms with Crippen LogP contribution >= 0.6 is 0 Å². The van der Waals surface area contributed by atoms with Gasteiger partial charge in [-0.25, -0.2) is 0 Å². The van der Waals surface area contributed by atoms with E-state index in [1.54, 1.807) is 0 Å². The first-order chi connectivity index (χ1) is 8.90. The summed E-state index contributed by atoms with van der Waals surface area (Å²) in [6, 6.07) is 10.3. The van der Waals surface area contributed by atoms with E-state index in [-0.39, 0.29) is 0 Å². The number of hydrogen-bond donors (Lipinski definition) is 0. The molecule has 1 aliphatic rings. The molecule has 18 heavy (non-hydrogen) atoms. The minimum Gasteiger partial charge on any atom is -0.374 e. The van der Waals surface area contributed by atoms with Crippen molar-refractivity contribution >= 4 is 0 Å². The number of ether oxygens (including phenoxy) is 2. The van der Waals surface area contributed by atoms with Crippen LogP contribution in [0.25, 0.3) is 0 Å². The topological polar surface area (TPSA) is 21.8 Å². The first-order valence-corrected chi connectivity index (χ1v) is 6.82. The lowest BCUT2D eigenvalue weighted by Gasteiger charge is -2.01. The van der Waals surface area contributed by atoms with Crippen LogP contribution < -0.4 is 0 Å². The Morgan fingerprint density at radius 1 is 1.17 bits per heavy atom. The van der Waals surface area contributed by atoms with Crippen LogP contribution in [0.5, 0.6) is 0 Å². The van der Waals surface area contributed by atoms with Crippen molar-refractivity contribution in [2.45, 2.75) is 45.0 Å². The van der Waals surface area contributed by atoms with Crippen molar-refractivity contribution in [3.05, 3.63) is 48.0 Å². The predicted octanol–water partition coefficient (Wildman–Crippen LogP) is 3.72. The molecule has 2 rings (SSSR count). The normalized spacial score (nSPS) is 22.5. The average Bonchev–Trinajstić information content (AvgIpc) is 3.15. The summed E-state index contributed by atoms with van der Waals surface area (Å²) in [5.41, 5.74) is 1.22. The third-order valence-corrected chi connectivity index (χ3v) is 3.10. The molecule has 2 atom stereocenters. The van der Waals surface area contributed by atoms with E-state index in [0.29, 0.717) is 18.8 Å². The van der Waals surface area contributed by atoms with Gasteiger partial charge in [-0.3, -0.25) is 0 Å². The van der Waals surface area contributed by atoms with Crippen molar-refractivity contribution in [1.29, 1.82) is 0 Å². The third kappa shape index (κ3) is 4.63. The molecule has 0 bridgehead atoms. The second kappa shape index (κ2) is 7.34. The summed E-state index contributed by atoms with van der Waals surface area (Å²) < 4.78 is 11.2. The molecule has 0 spiro atoms. The Morgan fingerprint density at radius 3 is 2.78 bits per heavy atom. The van der Waals surface area contributed by atoms with Gasteiger partial charge in [0.05, 0.1) is 19.3 Å². The minimum atomic E-state index is 0.323. The van der Waals surface area contributed by atoms with E-state index in [4.69, 9.17) is 9.47 Å². The fraction of sp³-hybridized carbons (Fsp3) is 0.500. The number of benzene rings is 1. The molecule has 0 aliphatic carbocycles. The van der Waals surface area contributed by atoms with Crippen LogP contribution in [-0.2, 0) is 16.1 Å². The molecule has 2 nitrogen and oxygen atoms in total. The summed E-state index contributed by atoms with van der Waals surface area (Å²) in [5, 5.41) is 0. The molecule has 0 radical (unpaired) electrons. The van der Waals surface area contributed by atoms with E-state index < -0.39 is 0 Å². The molecule has 0 N–H and O–H groups in total. The van der Waals surface area contributed by atoms with Crippen molar-refractivity contribution < 1.29 is 9.47 Å². The summed E-state index contributed by atoms with van der Waals surface area (Å²) in [6.45, 7) is 3.56. The highest BCUT2D eigenvalue weighted by atomic mass is 16.6. The van der Waals surface area contributed by atoms with Gasteiger partial charge >= 0.3 is 0 Å². The maximum absolute atomic E-state index is 5.66. The molecular formula is C16H22O2. The molecular weight excluding hydrogens is 224 g/mol. The average molecular weight is 246 g/mol. The first kappa shape index (κ1) is 13.3. The highest BCUT2D eigenvalue weighted by Gasteiger charge is 2.37. The summed E-state index contributed by atoms with van der Waals surface area (Å²) in [7, 11) is 0. The molecule has 2 heteroatoms. The van der Waals surface area contributed by atoms with Gasteiger partial charge < -0.3 is 9.47 Å². The number of hydrogen-bond acceptors (Lipinski definition) is 2. The van der Waals surface area contributed by atoms with E-state index >= 15 is 0 Å². The van der Waals surface area contributed by atoms with Gasteiger partial charge in [0, 0.05) is 0 Å². The molecule has 1 heterocycles. The van der Waals surface area contributed by atoms with Gasteiger partial charge in [-0.15, -0.1) is 0 Å². The molecule has 1 aromatic carbocycles. The van der Waals surface area contributed by atoms with Crippen molar-refractivity contribution in [3.63, 3.8) is 0 Å². The monoisotopic (exact) mass is 246 g/mol. The second-order valence-electron chi connectivity index (χ2n) is 4.67. The van der Waals surface area contributed by atoms with Crippen molar-refractivity contribution in [2.75, 3.05) is 6.61 Å². The van der Waals surface area contributed by atoms with Gasteiger partial charge in [-0.1, -0.05) is 49.4 Å². The fourth-order valence-electron chi connectivity index (χ4n) is 1.99. The van der Waals surface area contributed by atoms with E-state index in [1.807, 2.05) is 18.2 Å². The molecule has 0 amide bonds. The highest BCUT2D eigenvalue weighted by Crippen LogP contribution is 2.27. The van der Waals surface area contributed by atoms with Crippen molar-refractivity contribution in [3.8, 4) is 0 Å². The second-order valence-corrected chi connectivity index (χ2v) is 4.67. The van der Waals surface area contributed by atoms with Crippen LogP contribution in [0, 0.1) is 0 Å². The number of rotatable bonds is 8. The Bertz CT molecular complexity index is 359. The molecule has 1 saturated heterocycles. The first-order valence-electron chi connectivity index (χ1n) is 6.82. The van der Waals surface area contributed by atoms with Crippen molar-refractivity contribution in [1.82, 2.24) is 0 Å². The van der Waals surface area contributed by atoms with E-state index in [2.05, 4.69) is 31.2 Å². The van der Waals surface area contributed by atoms with E-state index in [0.717, 1.165) is 25.9 Å². The van der Waals surface area contributed by atoms with Crippen LogP contribution in [0.4, 0.5) is 0 Å². The maximum atomic E-state index is 5.66. The van der Waals surface area contributed by atoms with Crippen LogP contribution in [0.3, 0.4) is 0 Å². The molecule has 0 saturated carbocycles. The number of allylic oxidation sites excluding steroid dienone is 2. The Labute approximate surface area is 110 Å². The van der Waals surface area contributed by atoms with Gasteiger partial charge in [0.1, 0.15) is 6.10 Å². The lowest BCUT2D eigenvalue weighted by Crippen LogP contribution is -2.04. The molecule has 1 fully saturated rings. The Morgan fingerprint density at radius 2 is 2.00 bits per heavy atom. The van der Waals surface area contributed by atoms with Gasteiger partial charge in [-0.2, -0.15) is 0 Å². The van der Waals surface area contributed by atoms with Crippen LogP contribution in [0.15, 0.2) is 42.5 Å². The molecule has 1 aromatic rings. The maximum Gasteiger partial charge on any atom is 0.107 e. The zero-order valence-electron chi connectivity index (χ0n) is 11.0. The summed E-state index contributed by atoms with van der Waals surface area (Å²) in [6.07, 6.45) is 8.55. The lowest BCUT2D eigenvalue weighted by molar-refractivity contribution is 0.104. The Balaban J connectivity index is 1.53. The predicted molar refractivity (Wildman–Crippen MR) is 73.4 cm³/mol. The van der Waals surface area contributed by atoms with Gasteiger partial charge in [-0.05, 0) is 24.8 Å². The Kier molecular flexibility index (Phi) is 5.43. The smallest absolute Gasteiger partial charge is 0.107 e. The quantitative estimate of drug-likeness (QED) is 0.515. The van der Waals surface area contributed by atoms with Crippen molar-refractivity contribution in [2.24, 2.45) is 0 Å². The zero-order chi connectivity index (χ0) is 12.6. The molecule has 0 aromatic heterocycles. The van der Waals surface area contributed by atoms with E-state index in [9.17, 15) is 0 Å². The van der Waals surface area contributed by atoms with Gasteiger partial charge in [0.2, 0.25) is 0 Å². The third-order valence-electron chi connectivity index (χ3n) is 3.10. The van der Waals surface area contributed by atoms with Crippen LogP contribution in [-0.4, -0.2) is 18.8 Å². The van der Waals surface area contributed by atoms with Gasteiger partial charge in [0.25, 0.3) is 0 Å². The summed E-state index contributed by atoms with van der Waals surface area (Å²) in [4.78, 5) is 0. The fourth-order valence-corrected chi connectivity index (χ4v) is 1.99. The molecule has 98 valence electrons. The number of epoxide rings is 1. The largest absolute Gasteiger partial charge is 0.374 e. The molecule has 1 aliphatic heterocycles. The summed E-state index contributed by atoms with van der Waals surface area (Å²) >= 11 is 0. The Hall–Kier alpha value is -1.12. The zero-order valence-corrected chi connectivity index (χ0v) is 11.0. The minimum absolute atomic E-state index is 0.323. The summed E-state index contributed by atoms with van der Waals surface area (Å²) in [5.74, 6) is 0. The lowest BCUT2D eigenvalue weighted by atomic mass is 10.2. The van der Waals surface area contributed by atoms with Gasteiger partial charge in [0.15, 0.2) is 0 Å². The standard InChI is InChI=1S/C16H22O2/c1-2-3-4-8-11-15-16(18-15)13-17-12-14-9-6-5-7-10-14/h3-7,9-10,15-16H,2,8,11-13H2,1H3/b4-3-/t15-,16-/m1/s1. The molecule has 0 unspecified atom stereocenters.